The largest absolute Gasteiger partial charge is 0.505 e. The molecule has 4 aromatic carbocycles. The predicted octanol–water partition coefficient (Wildman–Crippen LogP) is 8.46. The number of nitrogens with zero attached hydrogens (tertiary/aromatic N) is 2. The molecule has 0 aromatic heterocycles. The predicted molar refractivity (Wildman–Crippen MR) is 127 cm³/mol. The molecular weight excluding hydrogens is 356 g/mol. The fraction of sp³-hybridized carbons (Fsp3) is 0.231. The molecule has 0 saturated carbocycles. The summed E-state index contributed by atoms with van der Waals surface area (Å²) in [5.74, 6) is 0.205. The Morgan fingerprint density at radius 2 is 1.07 bits per heavy atom. The van der Waals surface area contributed by atoms with Crippen LogP contribution in [0.15, 0.2) is 89.1 Å². The zero-order chi connectivity index (χ0) is 21.6. The van der Waals surface area contributed by atoms with Crippen LogP contribution < -0.4 is 0 Å². The maximum Gasteiger partial charge on any atom is 0.151 e. The van der Waals surface area contributed by atoms with Crippen LogP contribution in [0.1, 0.15) is 33.3 Å². The maximum absolute atomic E-state index is 10.0. The lowest BCUT2D eigenvalue weighted by Crippen LogP contribution is -1.79. The second-order valence-corrected chi connectivity index (χ2v) is 5.76. The number of benzene rings is 4. The molecule has 4 rings (SSSR count). The van der Waals surface area contributed by atoms with Crippen molar-refractivity contribution in [3.05, 3.63) is 84.4 Å². The van der Waals surface area contributed by atoms with Gasteiger partial charge < -0.3 is 5.11 Å². The molecule has 0 aliphatic carbocycles. The summed E-state index contributed by atoms with van der Waals surface area (Å²) >= 11 is 0. The van der Waals surface area contributed by atoms with Crippen LogP contribution in [-0.4, -0.2) is 12.2 Å². The number of aryl methyl sites for hydroxylation is 1. The van der Waals surface area contributed by atoms with E-state index in [1.165, 1.54) is 10.8 Å². The van der Waals surface area contributed by atoms with Gasteiger partial charge in [-0.15, -0.1) is 0 Å². The molecule has 0 heterocycles. The van der Waals surface area contributed by atoms with Gasteiger partial charge in [0.15, 0.2) is 5.75 Å². The van der Waals surface area contributed by atoms with Gasteiger partial charge in [0.2, 0.25) is 0 Å². The van der Waals surface area contributed by atoms with Gasteiger partial charge in [-0.1, -0.05) is 100 Å². The van der Waals surface area contributed by atoms with Crippen molar-refractivity contribution < 1.29 is 5.11 Å². The summed E-state index contributed by atoms with van der Waals surface area (Å²) in [5.41, 5.74) is 1.48. The van der Waals surface area contributed by atoms with Gasteiger partial charge in [-0.25, -0.2) is 0 Å². The van der Waals surface area contributed by atoms with E-state index in [1.807, 2.05) is 65.0 Å². The summed E-state index contributed by atoms with van der Waals surface area (Å²) in [6.45, 7) is 9.91. The van der Waals surface area contributed by atoms with Gasteiger partial charge in [0.05, 0.1) is 0 Å². The Labute approximate surface area is 174 Å². The Bertz CT molecular complexity index is 974. The molecule has 152 valence electrons. The third kappa shape index (κ3) is 6.42. The molecule has 0 aliphatic heterocycles. The van der Waals surface area contributed by atoms with Crippen molar-refractivity contribution in [3.8, 4) is 5.75 Å². The average molecular weight is 389 g/mol. The Morgan fingerprint density at radius 3 is 1.52 bits per heavy atom. The number of hydrogen-bond acceptors (Lipinski definition) is 3. The fourth-order valence-corrected chi connectivity index (χ4v) is 2.81. The number of phenolic OH excluding ortho intramolecular Hbond substituents is 1. The van der Waals surface area contributed by atoms with Crippen molar-refractivity contribution in [2.24, 2.45) is 10.2 Å². The Hall–Kier alpha value is -3.20. The Balaban J connectivity index is 0.000000260. The SMILES string of the molecule is CC.CC.CN=Nc1c(C)cc2ccccc2c1O.c1ccc2ccccc2c1. The molecule has 0 bridgehead atoms. The summed E-state index contributed by atoms with van der Waals surface area (Å²) in [5, 5.41) is 22.1. The number of phenols is 1. The minimum Gasteiger partial charge on any atom is -0.505 e. The van der Waals surface area contributed by atoms with Crippen LogP contribution in [0.4, 0.5) is 5.69 Å². The second-order valence-electron chi connectivity index (χ2n) is 5.76. The molecule has 4 aromatic rings. The number of azo groups is 1. The van der Waals surface area contributed by atoms with Crippen LogP contribution in [0.2, 0.25) is 0 Å². The first-order valence-corrected chi connectivity index (χ1v) is 10.2. The highest BCUT2D eigenvalue weighted by Crippen LogP contribution is 2.37. The summed E-state index contributed by atoms with van der Waals surface area (Å²) in [6, 6.07) is 26.4. The van der Waals surface area contributed by atoms with Crippen LogP contribution >= 0.6 is 0 Å². The molecule has 0 spiro atoms. The van der Waals surface area contributed by atoms with Crippen molar-refractivity contribution >= 4 is 27.2 Å². The van der Waals surface area contributed by atoms with Gasteiger partial charge in [-0.3, -0.25) is 0 Å². The molecule has 0 amide bonds. The number of fused-ring (bicyclic) bond motifs is 2. The zero-order valence-corrected chi connectivity index (χ0v) is 18.3. The number of hydrogen-bond donors (Lipinski definition) is 1. The van der Waals surface area contributed by atoms with Gasteiger partial charge in [-0.2, -0.15) is 10.2 Å². The lowest BCUT2D eigenvalue weighted by molar-refractivity contribution is 0.482. The lowest BCUT2D eigenvalue weighted by Gasteiger charge is -2.06. The van der Waals surface area contributed by atoms with Crippen LogP contribution in [0.3, 0.4) is 0 Å². The van der Waals surface area contributed by atoms with Crippen molar-refractivity contribution in [2.75, 3.05) is 7.05 Å². The highest BCUT2D eigenvalue weighted by Gasteiger charge is 2.08. The van der Waals surface area contributed by atoms with E-state index in [1.54, 1.807) is 7.05 Å². The molecule has 3 heteroatoms. The number of rotatable bonds is 1. The maximum atomic E-state index is 10.0. The third-order valence-electron chi connectivity index (χ3n) is 4.04. The van der Waals surface area contributed by atoms with Gasteiger partial charge in [-0.05, 0) is 34.7 Å². The van der Waals surface area contributed by atoms with E-state index in [4.69, 9.17) is 0 Å². The van der Waals surface area contributed by atoms with E-state index < -0.39 is 0 Å². The monoisotopic (exact) mass is 388 g/mol. The first-order chi connectivity index (χ1) is 14.2. The van der Waals surface area contributed by atoms with E-state index in [2.05, 4.69) is 58.8 Å². The normalized spacial score (nSPS) is 9.72. The van der Waals surface area contributed by atoms with Crippen LogP contribution in [0.25, 0.3) is 21.5 Å². The third-order valence-corrected chi connectivity index (χ3v) is 4.04. The topological polar surface area (TPSA) is 45.0 Å². The summed E-state index contributed by atoms with van der Waals surface area (Å²) in [4.78, 5) is 0. The van der Waals surface area contributed by atoms with Crippen molar-refractivity contribution in [1.29, 1.82) is 0 Å². The molecule has 29 heavy (non-hydrogen) atoms. The van der Waals surface area contributed by atoms with Crippen molar-refractivity contribution in [3.63, 3.8) is 0 Å². The van der Waals surface area contributed by atoms with Crippen LogP contribution in [-0.2, 0) is 0 Å². The molecule has 0 atom stereocenters. The minimum atomic E-state index is 0.205. The van der Waals surface area contributed by atoms with E-state index in [0.717, 1.165) is 16.3 Å². The standard InChI is InChI=1S/C12H12N2O.C10H8.2C2H6/c1-8-7-9-5-3-4-6-10(9)12(15)11(8)14-13-2;1-2-6-10-8-4-3-7-9(10)5-1;2*1-2/h3-7,15H,1-2H3;1-8H;2*1-2H3. The van der Waals surface area contributed by atoms with Gasteiger partial charge in [0, 0.05) is 12.4 Å². The minimum absolute atomic E-state index is 0.205. The van der Waals surface area contributed by atoms with E-state index in [0.29, 0.717) is 5.69 Å². The Kier molecular flexibility index (Phi) is 10.7. The zero-order valence-electron chi connectivity index (χ0n) is 18.3. The Morgan fingerprint density at radius 1 is 0.655 bits per heavy atom. The van der Waals surface area contributed by atoms with Gasteiger partial charge >= 0.3 is 0 Å². The smallest absolute Gasteiger partial charge is 0.151 e. The average Bonchev–Trinajstić information content (AvgIpc) is 2.80. The fourth-order valence-electron chi connectivity index (χ4n) is 2.81. The molecule has 3 nitrogen and oxygen atoms in total. The molecular formula is C26H32N2O. The van der Waals surface area contributed by atoms with Crippen LogP contribution in [0.5, 0.6) is 5.75 Å². The quantitative estimate of drug-likeness (QED) is 0.327. The molecule has 1 N–H and O–H groups in total. The number of aromatic hydroxyl groups is 1. The van der Waals surface area contributed by atoms with Gasteiger partial charge in [0.1, 0.15) is 5.69 Å². The van der Waals surface area contributed by atoms with Gasteiger partial charge in [0.25, 0.3) is 0 Å². The molecule has 0 radical (unpaired) electrons. The molecule has 0 fully saturated rings. The van der Waals surface area contributed by atoms with E-state index in [9.17, 15) is 5.11 Å². The first kappa shape index (κ1) is 23.8. The van der Waals surface area contributed by atoms with E-state index >= 15 is 0 Å². The van der Waals surface area contributed by atoms with Crippen molar-refractivity contribution in [2.45, 2.75) is 34.6 Å². The van der Waals surface area contributed by atoms with E-state index in [-0.39, 0.29) is 5.75 Å². The highest BCUT2D eigenvalue weighted by atomic mass is 16.3. The second kappa shape index (κ2) is 13.1. The lowest BCUT2D eigenvalue weighted by atomic mass is 10.0. The first-order valence-electron chi connectivity index (χ1n) is 10.2. The summed E-state index contributed by atoms with van der Waals surface area (Å²) in [6.07, 6.45) is 0. The summed E-state index contributed by atoms with van der Waals surface area (Å²) in [7, 11) is 1.59. The summed E-state index contributed by atoms with van der Waals surface area (Å²) < 4.78 is 0. The van der Waals surface area contributed by atoms with Crippen molar-refractivity contribution in [1.82, 2.24) is 0 Å². The molecule has 0 aliphatic rings. The molecule has 0 unspecified atom stereocenters. The highest BCUT2D eigenvalue weighted by molar-refractivity contribution is 5.93. The molecule has 0 saturated heterocycles. The van der Waals surface area contributed by atoms with Crippen LogP contribution in [0, 0.1) is 6.92 Å².